The Kier molecular flexibility index (Phi) is 6.27. The van der Waals surface area contributed by atoms with Crippen LogP contribution in [-0.2, 0) is 5.41 Å². The molecular weight excluding hydrogens is 645 g/mol. The summed E-state index contributed by atoms with van der Waals surface area (Å²) < 4.78 is 4.74. The SMILES string of the molecule is CC1(C)c2ccccc2-c2c1ccc1c3ccccc3n(-c3ccc(-c4cc(-n5c6ccccc6c6ccccc65)nc(-c5ccccc5)n4)cc3)c21. The number of fused-ring (bicyclic) bond motifs is 10. The van der Waals surface area contributed by atoms with Crippen LogP contribution in [0.5, 0.6) is 0 Å². The van der Waals surface area contributed by atoms with Crippen LogP contribution in [0.3, 0.4) is 0 Å². The van der Waals surface area contributed by atoms with Crippen molar-refractivity contribution < 1.29 is 0 Å². The van der Waals surface area contributed by atoms with Crippen molar-refractivity contribution in [2.45, 2.75) is 19.3 Å². The van der Waals surface area contributed by atoms with E-state index in [1.807, 2.05) is 18.2 Å². The summed E-state index contributed by atoms with van der Waals surface area (Å²) >= 11 is 0. The second-order valence-electron chi connectivity index (χ2n) is 14.6. The number of benzene rings is 7. The van der Waals surface area contributed by atoms with Gasteiger partial charge in [0.05, 0.1) is 27.8 Å². The number of nitrogens with zero attached hydrogens (tertiary/aromatic N) is 4. The van der Waals surface area contributed by atoms with Gasteiger partial charge in [-0.3, -0.25) is 4.57 Å². The smallest absolute Gasteiger partial charge is 0.162 e. The molecule has 0 N–H and O–H groups in total. The maximum Gasteiger partial charge on any atom is 0.162 e. The van der Waals surface area contributed by atoms with Crippen LogP contribution in [-0.4, -0.2) is 19.1 Å². The predicted octanol–water partition coefficient (Wildman–Crippen LogP) is 12.3. The molecule has 1 aliphatic rings. The Morgan fingerprint density at radius 1 is 0.453 bits per heavy atom. The maximum absolute atomic E-state index is 5.21. The van der Waals surface area contributed by atoms with Crippen molar-refractivity contribution in [1.29, 1.82) is 0 Å². The second-order valence-corrected chi connectivity index (χ2v) is 14.6. The van der Waals surface area contributed by atoms with Crippen molar-refractivity contribution in [1.82, 2.24) is 19.1 Å². The number of hydrogen-bond donors (Lipinski definition) is 0. The molecular formula is C49H34N4. The summed E-state index contributed by atoms with van der Waals surface area (Å²) in [5, 5.41) is 4.95. The van der Waals surface area contributed by atoms with Gasteiger partial charge in [-0.2, -0.15) is 0 Å². The minimum atomic E-state index is -0.0805. The predicted molar refractivity (Wildman–Crippen MR) is 219 cm³/mol. The first-order valence-corrected chi connectivity index (χ1v) is 18.3. The van der Waals surface area contributed by atoms with Crippen molar-refractivity contribution in [3.05, 3.63) is 181 Å². The fraction of sp³-hybridized carbons (Fsp3) is 0.0612. The summed E-state index contributed by atoms with van der Waals surface area (Å²) in [6.45, 7) is 4.70. The van der Waals surface area contributed by atoms with Gasteiger partial charge in [0.25, 0.3) is 0 Å². The number of hydrogen-bond acceptors (Lipinski definition) is 2. The molecule has 11 rings (SSSR count). The van der Waals surface area contributed by atoms with Gasteiger partial charge in [0, 0.05) is 55.4 Å². The Balaban J connectivity index is 1.12. The quantitative estimate of drug-likeness (QED) is 0.186. The normalized spacial score (nSPS) is 13.2. The summed E-state index contributed by atoms with van der Waals surface area (Å²) in [6.07, 6.45) is 0. The number of para-hydroxylation sites is 3. The summed E-state index contributed by atoms with van der Waals surface area (Å²) in [4.78, 5) is 10.4. The lowest BCUT2D eigenvalue weighted by Crippen LogP contribution is -2.14. The minimum Gasteiger partial charge on any atom is -0.309 e. The highest BCUT2D eigenvalue weighted by Crippen LogP contribution is 2.52. The summed E-state index contributed by atoms with van der Waals surface area (Å²) in [7, 11) is 0. The van der Waals surface area contributed by atoms with Gasteiger partial charge in [-0.05, 0) is 47.0 Å². The Bertz CT molecular complexity index is 3020. The molecule has 3 heterocycles. The van der Waals surface area contributed by atoms with Gasteiger partial charge in [-0.25, -0.2) is 9.97 Å². The van der Waals surface area contributed by atoms with Crippen LogP contribution in [0, 0.1) is 0 Å². The first-order chi connectivity index (χ1) is 26.1. The Morgan fingerprint density at radius 3 is 1.74 bits per heavy atom. The Morgan fingerprint density at radius 2 is 1.04 bits per heavy atom. The van der Waals surface area contributed by atoms with E-state index in [-0.39, 0.29) is 5.41 Å². The fourth-order valence-corrected chi connectivity index (χ4v) is 8.87. The third kappa shape index (κ3) is 4.30. The highest BCUT2D eigenvalue weighted by Gasteiger charge is 2.37. The lowest BCUT2D eigenvalue weighted by atomic mass is 9.82. The molecule has 53 heavy (non-hydrogen) atoms. The monoisotopic (exact) mass is 678 g/mol. The molecule has 0 aliphatic heterocycles. The molecule has 0 radical (unpaired) electrons. The maximum atomic E-state index is 5.21. The van der Waals surface area contributed by atoms with Gasteiger partial charge in [-0.15, -0.1) is 0 Å². The molecule has 4 nitrogen and oxygen atoms in total. The Hall–Kier alpha value is -6.78. The molecule has 4 heteroatoms. The van der Waals surface area contributed by atoms with Gasteiger partial charge in [0.2, 0.25) is 0 Å². The van der Waals surface area contributed by atoms with E-state index in [9.17, 15) is 0 Å². The molecule has 0 fully saturated rings. The highest BCUT2D eigenvalue weighted by atomic mass is 15.1. The molecule has 10 aromatic rings. The van der Waals surface area contributed by atoms with E-state index >= 15 is 0 Å². The third-order valence-corrected chi connectivity index (χ3v) is 11.4. The van der Waals surface area contributed by atoms with E-state index in [1.54, 1.807) is 0 Å². The van der Waals surface area contributed by atoms with Crippen molar-refractivity contribution in [2.75, 3.05) is 0 Å². The van der Waals surface area contributed by atoms with Crippen molar-refractivity contribution >= 4 is 43.6 Å². The van der Waals surface area contributed by atoms with Gasteiger partial charge in [0.1, 0.15) is 5.82 Å². The molecule has 0 unspecified atom stereocenters. The van der Waals surface area contributed by atoms with Crippen LogP contribution in [0.1, 0.15) is 25.0 Å². The van der Waals surface area contributed by atoms with Crippen molar-refractivity contribution in [3.63, 3.8) is 0 Å². The average Bonchev–Trinajstić information content (AvgIpc) is 3.82. The lowest BCUT2D eigenvalue weighted by molar-refractivity contribution is 0.661. The molecule has 0 spiro atoms. The first-order valence-electron chi connectivity index (χ1n) is 18.3. The molecule has 0 saturated carbocycles. The second kappa shape index (κ2) is 11.1. The summed E-state index contributed by atoms with van der Waals surface area (Å²) in [5.74, 6) is 1.54. The molecule has 0 amide bonds. The zero-order chi connectivity index (χ0) is 35.3. The minimum absolute atomic E-state index is 0.0805. The topological polar surface area (TPSA) is 35.6 Å². The van der Waals surface area contributed by atoms with Gasteiger partial charge in [0.15, 0.2) is 5.82 Å². The van der Waals surface area contributed by atoms with E-state index in [0.29, 0.717) is 5.82 Å². The van der Waals surface area contributed by atoms with Crippen LogP contribution in [0.15, 0.2) is 170 Å². The fourth-order valence-electron chi connectivity index (χ4n) is 8.87. The van der Waals surface area contributed by atoms with Crippen molar-refractivity contribution in [2.24, 2.45) is 0 Å². The number of rotatable bonds is 4. The van der Waals surface area contributed by atoms with Crippen LogP contribution in [0.4, 0.5) is 0 Å². The molecule has 7 aromatic carbocycles. The largest absolute Gasteiger partial charge is 0.309 e. The molecule has 0 bridgehead atoms. The van der Waals surface area contributed by atoms with E-state index in [2.05, 4.69) is 175 Å². The summed E-state index contributed by atoms with van der Waals surface area (Å²) in [5.41, 5.74) is 14.1. The lowest BCUT2D eigenvalue weighted by Gasteiger charge is -2.21. The van der Waals surface area contributed by atoms with Gasteiger partial charge < -0.3 is 4.57 Å². The van der Waals surface area contributed by atoms with E-state index in [4.69, 9.17) is 9.97 Å². The molecule has 250 valence electrons. The van der Waals surface area contributed by atoms with Crippen LogP contribution in [0.2, 0.25) is 0 Å². The standard InChI is InChI=1S/C49H34N4/c1-49(2)39-20-10-6-19-38(39)46-40(49)29-28-37-36-18-9-11-21-42(36)52(47(37)46)33-26-24-31(25-27-33)41-30-45(51-48(50-41)32-14-4-3-5-15-32)53-43-22-12-7-16-34(43)35-17-8-13-23-44(35)53/h3-30H,1-2H3. The van der Waals surface area contributed by atoms with Crippen LogP contribution in [0.25, 0.3) is 88.9 Å². The zero-order valence-corrected chi connectivity index (χ0v) is 29.5. The van der Waals surface area contributed by atoms with Crippen LogP contribution >= 0.6 is 0 Å². The molecule has 0 saturated heterocycles. The first kappa shape index (κ1) is 29.9. The molecule has 0 atom stereocenters. The molecule has 1 aliphatic carbocycles. The number of aromatic nitrogens is 4. The van der Waals surface area contributed by atoms with Crippen LogP contribution < -0.4 is 0 Å². The summed E-state index contributed by atoms with van der Waals surface area (Å²) in [6, 6.07) is 60.9. The highest BCUT2D eigenvalue weighted by molar-refractivity contribution is 6.15. The van der Waals surface area contributed by atoms with E-state index < -0.39 is 0 Å². The van der Waals surface area contributed by atoms with E-state index in [1.165, 1.54) is 54.8 Å². The van der Waals surface area contributed by atoms with Gasteiger partial charge in [-0.1, -0.05) is 147 Å². The zero-order valence-electron chi connectivity index (χ0n) is 29.5. The Labute approximate surface area is 307 Å². The average molecular weight is 679 g/mol. The molecule has 3 aromatic heterocycles. The van der Waals surface area contributed by atoms with E-state index in [0.717, 1.165) is 39.4 Å². The van der Waals surface area contributed by atoms with Crippen molar-refractivity contribution in [3.8, 4) is 45.3 Å². The third-order valence-electron chi connectivity index (χ3n) is 11.4. The van der Waals surface area contributed by atoms with Gasteiger partial charge >= 0.3 is 0 Å².